The van der Waals surface area contributed by atoms with Crippen LogP contribution in [-0.2, 0) is 0 Å². The van der Waals surface area contributed by atoms with E-state index in [-0.39, 0.29) is 0 Å². The van der Waals surface area contributed by atoms with Gasteiger partial charge in [0.05, 0.1) is 19.4 Å². The Morgan fingerprint density at radius 3 is 2.17 bits per heavy atom. The molecule has 0 aromatic rings. The molecule has 0 radical (unpaired) electrons. The third kappa shape index (κ3) is 1.58. The van der Waals surface area contributed by atoms with Crippen LogP contribution in [0.2, 0.25) is 19.6 Å². The van der Waals surface area contributed by atoms with Crippen molar-refractivity contribution < 1.29 is 10.2 Å². The molecule has 2 atom stereocenters. The van der Waals surface area contributed by atoms with Gasteiger partial charge >= 0.3 is 0 Å². The molecule has 72 valence electrons. The van der Waals surface area contributed by atoms with Crippen LogP contribution in [0, 0.1) is 0 Å². The lowest BCUT2D eigenvalue weighted by molar-refractivity contribution is -0.0487. The van der Waals surface area contributed by atoms with Crippen LogP contribution in [0.4, 0.5) is 0 Å². The van der Waals surface area contributed by atoms with Gasteiger partial charge in [-0.05, 0) is 12.8 Å². The summed E-state index contributed by atoms with van der Waals surface area (Å²) in [7, 11) is -1.64. The second-order valence-electron chi connectivity index (χ2n) is 4.94. The molecule has 0 bridgehead atoms. The van der Waals surface area contributed by atoms with Crippen molar-refractivity contribution in [1.29, 1.82) is 0 Å². The van der Waals surface area contributed by atoms with Gasteiger partial charge in [-0.2, -0.15) is 0 Å². The van der Waals surface area contributed by atoms with Crippen LogP contribution in [0.1, 0.15) is 25.7 Å². The fourth-order valence-corrected chi connectivity index (χ4v) is 4.08. The van der Waals surface area contributed by atoms with Gasteiger partial charge in [-0.25, -0.2) is 0 Å². The molecule has 0 aromatic heterocycles. The van der Waals surface area contributed by atoms with E-state index < -0.39 is 19.4 Å². The van der Waals surface area contributed by atoms with Crippen molar-refractivity contribution in [2.75, 3.05) is 0 Å². The van der Waals surface area contributed by atoms with Crippen LogP contribution in [-0.4, -0.2) is 29.6 Å². The standard InChI is InChI=1S/C9H20O2Si/c1-12(2,3)9(11)7-5-4-6-8(9)10/h8,10-11H,4-7H2,1-3H3/t8-,9-/m1/s1. The normalized spacial score (nSPS) is 38.2. The van der Waals surface area contributed by atoms with Gasteiger partial charge in [-0.1, -0.05) is 32.5 Å². The van der Waals surface area contributed by atoms with Gasteiger partial charge in [0.1, 0.15) is 0 Å². The number of rotatable bonds is 1. The Balaban J connectivity index is 2.79. The van der Waals surface area contributed by atoms with Crippen molar-refractivity contribution in [3.8, 4) is 0 Å². The van der Waals surface area contributed by atoms with Crippen molar-refractivity contribution in [2.24, 2.45) is 0 Å². The minimum absolute atomic E-state index is 0.474. The molecule has 0 aromatic carbocycles. The van der Waals surface area contributed by atoms with Crippen LogP contribution in [0.15, 0.2) is 0 Å². The fraction of sp³-hybridized carbons (Fsp3) is 1.00. The summed E-state index contributed by atoms with van der Waals surface area (Å²) in [4.78, 5) is 0. The van der Waals surface area contributed by atoms with Gasteiger partial charge in [-0.3, -0.25) is 0 Å². The Bertz CT molecular complexity index is 164. The summed E-state index contributed by atoms with van der Waals surface area (Å²) >= 11 is 0. The van der Waals surface area contributed by atoms with Gasteiger partial charge in [-0.15, -0.1) is 0 Å². The average Bonchev–Trinajstić information content (AvgIpc) is 1.93. The zero-order valence-corrected chi connectivity index (χ0v) is 9.30. The van der Waals surface area contributed by atoms with Crippen molar-refractivity contribution in [3.05, 3.63) is 0 Å². The number of hydrogen-bond acceptors (Lipinski definition) is 2. The molecule has 2 N–H and O–H groups in total. The summed E-state index contributed by atoms with van der Waals surface area (Å²) in [6.07, 6.45) is 3.23. The van der Waals surface area contributed by atoms with Gasteiger partial charge in [0.15, 0.2) is 0 Å². The Kier molecular flexibility index (Phi) is 2.66. The predicted octanol–water partition coefficient (Wildman–Crippen LogP) is 1.53. The zero-order valence-electron chi connectivity index (χ0n) is 8.30. The summed E-state index contributed by atoms with van der Waals surface area (Å²) in [6, 6.07) is 0. The van der Waals surface area contributed by atoms with Crippen LogP contribution in [0.5, 0.6) is 0 Å². The van der Waals surface area contributed by atoms with Gasteiger partial charge < -0.3 is 10.2 Å². The van der Waals surface area contributed by atoms with Crippen LogP contribution in [0.3, 0.4) is 0 Å². The first-order chi connectivity index (χ1) is 5.38. The maximum absolute atomic E-state index is 10.3. The predicted molar refractivity (Wildman–Crippen MR) is 52.8 cm³/mol. The summed E-state index contributed by atoms with van der Waals surface area (Å²) in [5, 5.41) is 19.3. The van der Waals surface area contributed by atoms with E-state index in [1.807, 2.05) is 0 Å². The highest BCUT2D eigenvalue weighted by Crippen LogP contribution is 2.35. The van der Waals surface area contributed by atoms with E-state index in [1.54, 1.807) is 0 Å². The molecule has 12 heavy (non-hydrogen) atoms. The highest BCUT2D eigenvalue weighted by atomic mass is 28.3. The van der Waals surface area contributed by atoms with E-state index >= 15 is 0 Å². The first-order valence-corrected chi connectivity index (χ1v) is 8.28. The molecule has 0 unspecified atom stereocenters. The van der Waals surface area contributed by atoms with E-state index in [0.29, 0.717) is 0 Å². The lowest BCUT2D eigenvalue weighted by Crippen LogP contribution is -2.61. The van der Waals surface area contributed by atoms with E-state index in [1.165, 1.54) is 0 Å². The topological polar surface area (TPSA) is 40.5 Å². The van der Waals surface area contributed by atoms with E-state index in [2.05, 4.69) is 19.6 Å². The molecule has 0 saturated heterocycles. The summed E-state index contributed by atoms with van der Waals surface area (Å²) in [6.45, 7) is 6.38. The van der Waals surface area contributed by atoms with Crippen LogP contribution in [0.25, 0.3) is 0 Å². The molecule has 0 amide bonds. The first kappa shape index (κ1) is 10.2. The van der Waals surface area contributed by atoms with Gasteiger partial charge in [0.25, 0.3) is 0 Å². The van der Waals surface area contributed by atoms with Crippen molar-refractivity contribution in [3.63, 3.8) is 0 Å². The lowest BCUT2D eigenvalue weighted by Gasteiger charge is -2.45. The van der Waals surface area contributed by atoms with E-state index in [0.717, 1.165) is 25.7 Å². The zero-order chi connectivity index (χ0) is 9.41. The monoisotopic (exact) mass is 188 g/mol. The molecule has 3 heteroatoms. The third-order valence-corrected chi connectivity index (χ3v) is 6.32. The highest BCUT2D eigenvalue weighted by Gasteiger charge is 2.48. The summed E-state index contributed by atoms with van der Waals surface area (Å²) in [5.41, 5.74) is 0. The molecule has 2 nitrogen and oxygen atoms in total. The van der Waals surface area contributed by atoms with Crippen molar-refractivity contribution >= 4 is 8.07 Å². The van der Waals surface area contributed by atoms with E-state index in [4.69, 9.17) is 0 Å². The lowest BCUT2D eigenvalue weighted by atomic mass is 9.94. The second kappa shape index (κ2) is 3.12. The largest absolute Gasteiger partial charge is 0.391 e. The van der Waals surface area contributed by atoms with Gasteiger partial charge in [0, 0.05) is 0 Å². The van der Waals surface area contributed by atoms with Gasteiger partial charge in [0.2, 0.25) is 0 Å². The molecule has 1 fully saturated rings. The second-order valence-corrected chi connectivity index (χ2v) is 10.3. The molecule has 1 saturated carbocycles. The minimum Gasteiger partial charge on any atom is -0.391 e. The Morgan fingerprint density at radius 1 is 1.25 bits per heavy atom. The van der Waals surface area contributed by atoms with Crippen molar-refractivity contribution in [2.45, 2.75) is 56.7 Å². The maximum atomic E-state index is 10.3. The minimum atomic E-state index is -1.64. The number of aliphatic hydroxyl groups is 2. The van der Waals surface area contributed by atoms with Crippen LogP contribution >= 0.6 is 0 Å². The average molecular weight is 188 g/mol. The van der Waals surface area contributed by atoms with Crippen LogP contribution < -0.4 is 0 Å². The quantitative estimate of drug-likeness (QED) is 0.613. The smallest absolute Gasteiger partial charge is 0.0854 e. The molecule has 0 spiro atoms. The Labute approximate surface area is 75.6 Å². The molecule has 0 heterocycles. The third-order valence-electron chi connectivity index (χ3n) is 3.14. The van der Waals surface area contributed by atoms with E-state index in [9.17, 15) is 10.2 Å². The maximum Gasteiger partial charge on any atom is 0.0854 e. The Morgan fingerprint density at radius 2 is 1.83 bits per heavy atom. The number of aliphatic hydroxyl groups excluding tert-OH is 1. The Hall–Kier alpha value is 0.137. The first-order valence-electron chi connectivity index (χ1n) is 4.78. The fourth-order valence-electron chi connectivity index (χ4n) is 2.01. The number of hydrogen-bond donors (Lipinski definition) is 2. The summed E-state index contributed by atoms with van der Waals surface area (Å²) < 4.78 is 0. The molecule has 0 aliphatic heterocycles. The van der Waals surface area contributed by atoms with Crippen molar-refractivity contribution in [1.82, 2.24) is 0 Å². The molecular formula is C9H20O2Si. The highest BCUT2D eigenvalue weighted by molar-refractivity contribution is 6.79. The molecule has 1 aliphatic carbocycles. The molecule has 1 rings (SSSR count). The molecular weight excluding hydrogens is 168 g/mol. The SMILES string of the molecule is C[Si](C)(C)[C@]1(O)CCCC[C@H]1O. The molecule has 1 aliphatic rings. The summed E-state index contributed by atoms with van der Waals surface area (Å²) in [5.74, 6) is 0.